The third-order valence-corrected chi connectivity index (χ3v) is 10.4. The van der Waals surface area contributed by atoms with Gasteiger partial charge in [0.1, 0.15) is 12.6 Å². The molecule has 0 spiro atoms. The number of carbonyl (C=O) groups excluding carboxylic acids is 2. The van der Waals surface area contributed by atoms with Crippen molar-refractivity contribution in [1.29, 1.82) is 0 Å². The standard InChI is InChI=1S/C46H80NO11P/c1-3-5-6-7-8-9-10-11-12-13-14-18-21-24-27-30-33-36-44(49)55-38-42(39-56-59(53,54)57-40-43(47)46(51)52)58-45(50)37-34-31-28-25-22-19-16-15-17-20-23-26-29-32-35-41(48)4-2/h16-17,19-20,25-26,28-29,32,35,41-43,48H,3-15,18,21-24,27,30-31,33-34,36-40,47H2,1-2H3,(H,51,52)(H,53,54)/b19-16-,20-17-,28-25-,29-26-,35-32+/t41-,42-,43+/m1/s1. The van der Waals surface area contributed by atoms with E-state index < -0.39 is 57.2 Å². The van der Waals surface area contributed by atoms with E-state index in [0.29, 0.717) is 25.7 Å². The quantitative estimate of drug-likeness (QED) is 0.0150. The SMILES string of the molecule is CCCCCCCCCCCCCCCCCCCC(=O)OC[C@H](COP(=O)(O)OC[C@H](N)C(=O)O)OC(=O)CCC/C=C\C/C=C\C/C=C\C/C=C\C=C\[C@H](O)CC. The van der Waals surface area contributed by atoms with Gasteiger partial charge in [0, 0.05) is 12.8 Å². The van der Waals surface area contributed by atoms with Gasteiger partial charge >= 0.3 is 25.7 Å². The molecule has 59 heavy (non-hydrogen) atoms. The third kappa shape index (κ3) is 40.3. The van der Waals surface area contributed by atoms with Crippen molar-refractivity contribution in [2.24, 2.45) is 5.73 Å². The van der Waals surface area contributed by atoms with Crippen LogP contribution in [0.3, 0.4) is 0 Å². The topological polar surface area (TPSA) is 192 Å². The van der Waals surface area contributed by atoms with Crippen molar-refractivity contribution in [2.75, 3.05) is 19.8 Å². The Hall–Kier alpha value is -2.86. The second kappa shape index (κ2) is 40.5. The van der Waals surface area contributed by atoms with E-state index in [1.807, 2.05) is 37.3 Å². The van der Waals surface area contributed by atoms with Gasteiger partial charge in [-0.25, -0.2) is 4.57 Å². The fraction of sp³-hybridized carbons (Fsp3) is 0.717. The average molecular weight is 854 g/mol. The fourth-order valence-electron chi connectivity index (χ4n) is 5.76. The Morgan fingerprint density at radius 2 is 1.08 bits per heavy atom. The molecule has 0 aliphatic carbocycles. The maximum Gasteiger partial charge on any atom is 0.472 e. The van der Waals surface area contributed by atoms with E-state index in [2.05, 4.69) is 35.8 Å². The minimum atomic E-state index is -4.74. The number of hydrogen-bond donors (Lipinski definition) is 4. The monoisotopic (exact) mass is 854 g/mol. The van der Waals surface area contributed by atoms with Gasteiger partial charge < -0.3 is 30.3 Å². The number of aliphatic hydroxyl groups excluding tert-OH is 1. The van der Waals surface area contributed by atoms with Crippen LogP contribution in [-0.2, 0) is 37.5 Å². The first-order valence-corrected chi connectivity index (χ1v) is 23.9. The lowest BCUT2D eigenvalue weighted by molar-refractivity contribution is -0.161. The summed E-state index contributed by atoms with van der Waals surface area (Å²) in [4.78, 5) is 46.0. The van der Waals surface area contributed by atoms with Gasteiger partial charge in [-0.2, -0.15) is 0 Å². The molecular weight excluding hydrogens is 773 g/mol. The lowest BCUT2D eigenvalue weighted by Gasteiger charge is -2.20. The van der Waals surface area contributed by atoms with Crippen molar-refractivity contribution in [1.82, 2.24) is 0 Å². The number of carboxylic acid groups (broad SMARTS) is 1. The minimum absolute atomic E-state index is 0.0683. The van der Waals surface area contributed by atoms with Crippen molar-refractivity contribution in [3.8, 4) is 0 Å². The molecule has 0 aromatic heterocycles. The van der Waals surface area contributed by atoms with Crippen molar-refractivity contribution in [3.63, 3.8) is 0 Å². The third-order valence-electron chi connectivity index (χ3n) is 9.44. The first-order valence-electron chi connectivity index (χ1n) is 22.4. The van der Waals surface area contributed by atoms with E-state index in [9.17, 15) is 28.9 Å². The summed E-state index contributed by atoms with van der Waals surface area (Å²) in [5.41, 5.74) is 5.33. The number of hydrogen-bond acceptors (Lipinski definition) is 10. The Kier molecular flexibility index (Phi) is 38.6. The predicted octanol–water partition coefficient (Wildman–Crippen LogP) is 10.9. The molecule has 0 saturated heterocycles. The maximum absolute atomic E-state index is 12.6. The van der Waals surface area contributed by atoms with Crippen LogP contribution in [0.4, 0.5) is 0 Å². The van der Waals surface area contributed by atoms with Crippen LogP contribution in [0.1, 0.15) is 174 Å². The van der Waals surface area contributed by atoms with E-state index in [1.165, 1.54) is 83.5 Å². The number of nitrogens with two attached hydrogens (primary N) is 1. The molecule has 12 nitrogen and oxygen atoms in total. The number of allylic oxidation sites excluding steroid dienone is 9. The van der Waals surface area contributed by atoms with E-state index in [-0.39, 0.29) is 19.4 Å². The van der Waals surface area contributed by atoms with E-state index in [4.69, 9.17) is 24.8 Å². The summed E-state index contributed by atoms with van der Waals surface area (Å²) >= 11 is 0. The van der Waals surface area contributed by atoms with E-state index >= 15 is 0 Å². The Labute approximate surface area is 356 Å². The Morgan fingerprint density at radius 1 is 0.610 bits per heavy atom. The lowest BCUT2D eigenvalue weighted by atomic mass is 10.0. The number of unbranched alkanes of at least 4 members (excludes halogenated alkanes) is 17. The molecule has 1 unspecified atom stereocenters. The van der Waals surface area contributed by atoms with Gasteiger partial charge in [0.05, 0.1) is 19.3 Å². The van der Waals surface area contributed by atoms with Crippen LogP contribution in [0.2, 0.25) is 0 Å². The van der Waals surface area contributed by atoms with Crippen molar-refractivity contribution in [3.05, 3.63) is 60.8 Å². The van der Waals surface area contributed by atoms with Gasteiger partial charge in [0.15, 0.2) is 6.10 Å². The summed E-state index contributed by atoms with van der Waals surface area (Å²) in [5.74, 6) is -2.48. The Balaban J connectivity index is 4.45. The second-order valence-electron chi connectivity index (χ2n) is 15.0. The molecule has 0 fully saturated rings. The molecule has 0 amide bonds. The predicted molar refractivity (Wildman–Crippen MR) is 237 cm³/mol. The number of aliphatic carboxylic acids is 1. The number of carboxylic acids is 1. The Bertz CT molecular complexity index is 1250. The summed E-state index contributed by atoms with van der Waals surface area (Å²) in [6.07, 6.45) is 43.8. The molecule has 4 atom stereocenters. The molecule has 0 heterocycles. The largest absolute Gasteiger partial charge is 0.480 e. The molecule has 0 aromatic rings. The summed E-state index contributed by atoms with van der Waals surface area (Å²) < 4.78 is 32.6. The average Bonchev–Trinajstić information content (AvgIpc) is 3.21. The first kappa shape index (κ1) is 56.1. The molecular formula is C46H80NO11P. The van der Waals surface area contributed by atoms with Gasteiger partial charge in [-0.3, -0.25) is 23.4 Å². The zero-order chi connectivity index (χ0) is 43.7. The van der Waals surface area contributed by atoms with E-state index in [1.54, 1.807) is 6.08 Å². The molecule has 0 aliphatic rings. The van der Waals surface area contributed by atoms with Crippen molar-refractivity contribution < 1.29 is 52.6 Å². The van der Waals surface area contributed by atoms with Gasteiger partial charge in [0.2, 0.25) is 0 Å². The number of aliphatic hydroxyl groups is 1. The van der Waals surface area contributed by atoms with Gasteiger partial charge in [-0.15, -0.1) is 0 Å². The van der Waals surface area contributed by atoms with Crippen LogP contribution in [0.25, 0.3) is 0 Å². The summed E-state index contributed by atoms with van der Waals surface area (Å²) in [5, 5.41) is 18.4. The van der Waals surface area contributed by atoms with Crippen LogP contribution in [0.15, 0.2) is 60.8 Å². The summed E-state index contributed by atoms with van der Waals surface area (Å²) in [6, 6.07) is -1.54. The van der Waals surface area contributed by atoms with E-state index in [0.717, 1.165) is 38.5 Å². The summed E-state index contributed by atoms with van der Waals surface area (Å²) in [6.45, 7) is 2.42. The lowest BCUT2D eigenvalue weighted by Crippen LogP contribution is -2.34. The molecule has 340 valence electrons. The number of esters is 2. The molecule has 13 heteroatoms. The highest BCUT2D eigenvalue weighted by Gasteiger charge is 2.28. The second-order valence-corrected chi connectivity index (χ2v) is 16.5. The minimum Gasteiger partial charge on any atom is -0.480 e. The van der Waals surface area contributed by atoms with Gasteiger partial charge in [-0.1, -0.05) is 177 Å². The number of phosphoric acid groups is 1. The zero-order valence-electron chi connectivity index (χ0n) is 36.4. The fourth-order valence-corrected chi connectivity index (χ4v) is 6.54. The molecule has 5 N–H and O–H groups in total. The molecule has 0 rings (SSSR count). The molecule has 0 aromatic carbocycles. The van der Waals surface area contributed by atoms with Crippen molar-refractivity contribution in [2.45, 2.75) is 193 Å². The molecule has 0 aliphatic heterocycles. The summed E-state index contributed by atoms with van der Waals surface area (Å²) in [7, 11) is -4.74. The van der Waals surface area contributed by atoms with Crippen LogP contribution >= 0.6 is 7.82 Å². The highest BCUT2D eigenvalue weighted by atomic mass is 31.2. The maximum atomic E-state index is 12.6. The number of carbonyl (C=O) groups is 3. The van der Waals surface area contributed by atoms with Crippen LogP contribution in [0.5, 0.6) is 0 Å². The molecule has 0 radical (unpaired) electrons. The van der Waals surface area contributed by atoms with Gasteiger partial charge in [-0.05, 0) is 44.9 Å². The van der Waals surface area contributed by atoms with Crippen LogP contribution in [0, 0.1) is 0 Å². The highest BCUT2D eigenvalue weighted by Crippen LogP contribution is 2.43. The molecule has 0 bridgehead atoms. The van der Waals surface area contributed by atoms with Crippen LogP contribution < -0.4 is 5.73 Å². The number of phosphoric ester groups is 1. The van der Waals surface area contributed by atoms with Crippen LogP contribution in [-0.4, -0.2) is 71.1 Å². The first-order chi connectivity index (χ1) is 28.5. The van der Waals surface area contributed by atoms with Crippen molar-refractivity contribution >= 4 is 25.7 Å². The Morgan fingerprint density at radius 3 is 1.61 bits per heavy atom. The number of rotatable bonds is 41. The highest BCUT2D eigenvalue weighted by molar-refractivity contribution is 7.47. The normalized spacial score (nSPS) is 14.8. The smallest absolute Gasteiger partial charge is 0.472 e. The molecule has 0 saturated carbocycles. The zero-order valence-corrected chi connectivity index (χ0v) is 37.3. The van der Waals surface area contributed by atoms with Gasteiger partial charge in [0.25, 0.3) is 0 Å². The number of ether oxygens (including phenoxy) is 2.